The Bertz CT molecular complexity index is 588. The Morgan fingerprint density at radius 1 is 1.10 bits per heavy atom. The molecule has 0 saturated heterocycles. The highest BCUT2D eigenvalue weighted by Crippen LogP contribution is 2.11. The van der Waals surface area contributed by atoms with E-state index >= 15 is 0 Å². The summed E-state index contributed by atoms with van der Waals surface area (Å²) in [7, 11) is 1.61. The summed E-state index contributed by atoms with van der Waals surface area (Å²) >= 11 is 0. The van der Waals surface area contributed by atoms with Crippen LogP contribution in [0.5, 0.6) is 5.75 Å². The molecule has 102 valence electrons. The minimum absolute atomic E-state index is 0.168. The summed E-state index contributed by atoms with van der Waals surface area (Å²) in [6.45, 7) is 0.443. The van der Waals surface area contributed by atoms with E-state index in [0.29, 0.717) is 17.7 Å². The van der Waals surface area contributed by atoms with Crippen molar-refractivity contribution in [1.82, 2.24) is 5.32 Å². The van der Waals surface area contributed by atoms with Gasteiger partial charge in [-0.25, -0.2) is 0 Å². The van der Waals surface area contributed by atoms with Crippen molar-refractivity contribution in [3.63, 3.8) is 0 Å². The van der Waals surface area contributed by atoms with Gasteiger partial charge in [-0.05, 0) is 29.8 Å². The quantitative estimate of drug-likeness (QED) is 0.848. The maximum Gasteiger partial charge on any atom is 0.251 e. The van der Waals surface area contributed by atoms with Crippen molar-refractivity contribution in [1.29, 1.82) is 0 Å². The van der Waals surface area contributed by atoms with Crippen LogP contribution in [0.4, 0.5) is 0 Å². The Labute approximate surface area is 117 Å². The first-order valence-corrected chi connectivity index (χ1v) is 6.19. The molecular weight excluding hydrogens is 254 g/mol. The first kappa shape index (κ1) is 13.8. The number of methoxy groups -OCH3 is 1. The molecule has 0 aliphatic heterocycles. The van der Waals surface area contributed by atoms with Crippen molar-refractivity contribution in [3.05, 3.63) is 65.2 Å². The lowest BCUT2D eigenvalue weighted by Gasteiger charge is -2.06. The molecule has 2 rings (SSSR count). The van der Waals surface area contributed by atoms with Crippen LogP contribution in [-0.2, 0) is 6.54 Å². The molecular formula is C16H15NO3. The van der Waals surface area contributed by atoms with Gasteiger partial charge >= 0.3 is 0 Å². The highest BCUT2D eigenvalue weighted by molar-refractivity contribution is 5.94. The van der Waals surface area contributed by atoms with E-state index in [1.54, 1.807) is 31.4 Å². The number of ether oxygens (including phenoxy) is 1. The number of benzene rings is 2. The third-order valence-corrected chi connectivity index (χ3v) is 2.92. The van der Waals surface area contributed by atoms with Gasteiger partial charge in [-0.3, -0.25) is 9.59 Å². The van der Waals surface area contributed by atoms with Crippen LogP contribution < -0.4 is 10.1 Å². The lowest BCUT2D eigenvalue weighted by molar-refractivity contribution is 0.0950. The highest BCUT2D eigenvalue weighted by Gasteiger charge is 2.05. The van der Waals surface area contributed by atoms with Gasteiger partial charge in [-0.1, -0.05) is 24.3 Å². The monoisotopic (exact) mass is 269 g/mol. The molecule has 0 spiro atoms. The molecule has 0 aliphatic carbocycles. The summed E-state index contributed by atoms with van der Waals surface area (Å²) in [5.41, 5.74) is 2.07. The Kier molecular flexibility index (Phi) is 4.50. The maximum absolute atomic E-state index is 11.9. The summed E-state index contributed by atoms with van der Waals surface area (Å²) in [5, 5.41) is 2.82. The number of aldehydes is 1. The zero-order valence-corrected chi connectivity index (χ0v) is 11.1. The van der Waals surface area contributed by atoms with E-state index in [-0.39, 0.29) is 5.91 Å². The summed E-state index contributed by atoms with van der Waals surface area (Å²) < 4.78 is 5.07. The summed E-state index contributed by atoms with van der Waals surface area (Å²) in [6.07, 6.45) is 0.749. The van der Waals surface area contributed by atoms with Crippen LogP contribution in [0.25, 0.3) is 0 Å². The number of rotatable bonds is 5. The smallest absolute Gasteiger partial charge is 0.251 e. The first-order chi connectivity index (χ1) is 9.72. The van der Waals surface area contributed by atoms with Gasteiger partial charge in [0.15, 0.2) is 0 Å². The van der Waals surface area contributed by atoms with Crippen LogP contribution in [0.2, 0.25) is 0 Å². The Hall–Kier alpha value is -2.62. The summed E-state index contributed by atoms with van der Waals surface area (Å²) in [6, 6.07) is 14.0. The highest BCUT2D eigenvalue weighted by atomic mass is 16.5. The largest absolute Gasteiger partial charge is 0.497 e. The second-order valence-electron chi connectivity index (χ2n) is 4.27. The third-order valence-electron chi connectivity index (χ3n) is 2.92. The van der Waals surface area contributed by atoms with Gasteiger partial charge in [-0.15, -0.1) is 0 Å². The second-order valence-corrected chi connectivity index (χ2v) is 4.27. The molecule has 20 heavy (non-hydrogen) atoms. The fourth-order valence-corrected chi connectivity index (χ4v) is 1.74. The number of hydrogen-bond donors (Lipinski definition) is 1. The topological polar surface area (TPSA) is 55.4 Å². The molecule has 0 radical (unpaired) electrons. The molecule has 0 fully saturated rings. The lowest BCUT2D eigenvalue weighted by Crippen LogP contribution is -2.22. The molecule has 0 saturated carbocycles. The van der Waals surface area contributed by atoms with Crippen LogP contribution in [0.1, 0.15) is 26.3 Å². The standard InChI is InChI=1S/C16H15NO3/c1-20-15-8-4-12(5-9-15)10-17-16(19)14-6-2-13(11-18)3-7-14/h2-9,11H,10H2,1H3,(H,17,19). The summed E-state index contributed by atoms with van der Waals surface area (Å²) in [5.74, 6) is 0.614. The Morgan fingerprint density at radius 2 is 1.75 bits per heavy atom. The van der Waals surface area contributed by atoms with Gasteiger partial charge in [0.05, 0.1) is 7.11 Å². The Balaban J connectivity index is 1.94. The van der Waals surface area contributed by atoms with Crippen molar-refractivity contribution in [3.8, 4) is 5.75 Å². The second kappa shape index (κ2) is 6.52. The third kappa shape index (κ3) is 3.45. The molecule has 0 aliphatic rings. The summed E-state index contributed by atoms with van der Waals surface area (Å²) in [4.78, 5) is 22.5. The number of carbonyl (C=O) groups is 2. The number of nitrogens with one attached hydrogen (secondary N) is 1. The molecule has 2 aromatic rings. The molecule has 0 heterocycles. The van der Waals surface area contributed by atoms with Crippen LogP contribution in [-0.4, -0.2) is 19.3 Å². The molecule has 0 aromatic heterocycles. The van der Waals surface area contributed by atoms with Crippen LogP contribution in [0, 0.1) is 0 Å². The predicted molar refractivity (Wildman–Crippen MR) is 76.0 cm³/mol. The van der Waals surface area contributed by atoms with Crippen molar-refractivity contribution < 1.29 is 14.3 Å². The zero-order chi connectivity index (χ0) is 14.4. The van der Waals surface area contributed by atoms with E-state index < -0.39 is 0 Å². The normalized spacial score (nSPS) is 9.85. The van der Waals surface area contributed by atoms with Crippen LogP contribution in [0.3, 0.4) is 0 Å². The molecule has 0 bridgehead atoms. The van der Waals surface area contributed by atoms with Gasteiger partial charge in [0.2, 0.25) is 0 Å². The maximum atomic E-state index is 11.9. The average molecular weight is 269 g/mol. The number of carbonyl (C=O) groups excluding carboxylic acids is 2. The molecule has 0 unspecified atom stereocenters. The van der Waals surface area contributed by atoms with E-state index in [4.69, 9.17) is 4.74 Å². The SMILES string of the molecule is COc1ccc(CNC(=O)c2ccc(C=O)cc2)cc1. The fourth-order valence-electron chi connectivity index (χ4n) is 1.74. The average Bonchev–Trinajstić information content (AvgIpc) is 2.53. The van der Waals surface area contributed by atoms with Crippen molar-refractivity contribution >= 4 is 12.2 Å². The molecule has 4 heteroatoms. The fraction of sp³-hybridized carbons (Fsp3) is 0.125. The van der Waals surface area contributed by atoms with Crippen molar-refractivity contribution in [2.24, 2.45) is 0 Å². The molecule has 0 atom stereocenters. The van der Waals surface area contributed by atoms with Gasteiger partial charge in [0.1, 0.15) is 12.0 Å². The van der Waals surface area contributed by atoms with E-state index in [0.717, 1.165) is 17.6 Å². The van der Waals surface area contributed by atoms with Crippen molar-refractivity contribution in [2.75, 3.05) is 7.11 Å². The number of amides is 1. The lowest BCUT2D eigenvalue weighted by atomic mass is 10.1. The minimum Gasteiger partial charge on any atom is -0.497 e. The molecule has 4 nitrogen and oxygen atoms in total. The molecule has 1 amide bonds. The molecule has 2 aromatic carbocycles. The predicted octanol–water partition coefficient (Wildman–Crippen LogP) is 2.44. The van der Waals surface area contributed by atoms with Gasteiger partial charge in [0.25, 0.3) is 5.91 Å². The van der Waals surface area contributed by atoms with E-state index in [1.165, 1.54) is 0 Å². The van der Waals surface area contributed by atoms with E-state index in [2.05, 4.69) is 5.32 Å². The van der Waals surface area contributed by atoms with Gasteiger partial charge in [-0.2, -0.15) is 0 Å². The first-order valence-electron chi connectivity index (χ1n) is 6.19. The number of hydrogen-bond acceptors (Lipinski definition) is 3. The minimum atomic E-state index is -0.168. The molecule has 1 N–H and O–H groups in total. The van der Waals surface area contributed by atoms with Crippen molar-refractivity contribution in [2.45, 2.75) is 6.54 Å². The van der Waals surface area contributed by atoms with Crippen LogP contribution in [0.15, 0.2) is 48.5 Å². The van der Waals surface area contributed by atoms with E-state index in [1.807, 2.05) is 24.3 Å². The van der Waals surface area contributed by atoms with Gasteiger partial charge in [0, 0.05) is 17.7 Å². The van der Waals surface area contributed by atoms with Crippen LogP contribution >= 0.6 is 0 Å². The van der Waals surface area contributed by atoms with E-state index in [9.17, 15) is 9.59 Å². The van der Waals surface area contributed by atoms with Gasteiger partial charge < -0.3 is 10.1 Å². The zero-order valence-electron chi connectivity index (χ0n) is 11.1. The Morgan fingerprint density at radius 3 is 2.30 bits per heavy atom.